The average Bonchev–Trinajstić information content (AvgIpc) is 3.61. The van der Waals surface area contributed by atoms with Crippen molar-refractivity contribution >= 4 is 33.2 Å². The number of H-pyrrole nitrogens is 1. The van der Waals surface area contributed by atoms with Crippen molar-refractivity contribution in [2.75, 3.05) is 5.32 Å². The molecule has 1 saturated heterocycles. The van der Waals surface area contributed by atoms with Gasteiger partial charge in [-0.25, -0.2) is 4.98 Å². The number of aromatic nitrogens is 3. The summed E-state index contributed by atoms with van der Waals surface area (Å²) in [7, 11) is 0. The number of hydrogen-bond donors (Lipinski definition) is 3. The smallest absolute Gasteiger partial charge is 0.157 e. The molecule has 3 N–H and O–H groups in total. The van der Waals surface area contributed by atoms with Crippen molar-refractivity contribution in [2.24, 2.45) is 4.99 Å². The molecule has 0 bridgehead atoms. The maximum Gasteiger partial charge on any atom is 0.157 e. The Labute approximate surface area is 225 Å². The summed E-state index contributed by atoms with van der Waals surface area (Å²) in [6, 6.07) is 32.1. The Morgan fingerprint density at radius 3 is 2.64 bits per heavy atom. The summed E-state index contributed by atoms with van der Waals surface area (Å²) in [6.45, 7) is 0.761. The van der Waals surface area contributed by atoms with E-state index < -0.39 is 0 Å². The van der Waals surface area contributed by atoms with Crippen molar-refractivity contribution in [1.29, 1.82) is 0 Å². The van der Waals surface area contributed by atoms with E-state index in [-0.39, 0.29) is 6.17 Å². The van der Waals surface area contributed by atoms with Crippen LogP contribution in [-0.2, 0) is 13.0 Å². The highest BCUT2D eigenvalue weighted by Gasteiger charge is 2.39. The van der Waals surface area contributed by atoms with Gasteiger partial charge in [0.25, 0.3) is 0 Å². The van der Waals surface area contributed by atoms with E-state index in [9.17, 15) is 0 Å². The molecule has 39 heavy (non-hydrogen) atoms. The maximum absolute atomic E-state index is 5.11. The number of imidazole rings is 1. The number of aromatic amines is 1. The second-order valence-electron chi connectivity index (χ2n) is 10.3. The highest BCUT2D eigenvalue weighted by Crippen LogP contribution is 2.35. The average molecular weight is 507 g/mol. The number of hydrogen-bond acceptors (Lipinski definition) is 5. The van der Waals surface area contributed by atoms with E-state index in [1.54, 1.807) is 0 Å². The number of fused-ring (bicyclic) bond motifs is 4. The lowest BCUT2D eigenvalue weighted by molar-refractivity contribution is 0.902. The molecule has 6 nitrogen and oxygen atoms in total. The number of pyridine rings is 1. The van der Waals surface area contributed by atoms with E-state index in [0.717, 1.165) is 63.3 Å². The first-order chi connectivity index (χ1) is 19.3. The van der Waals surface area contributed by atoms with Crippen LogP contribution >= 0.6 is 0 Å². The summed E-state index contributed by atoms with van der Waals surface area (Å²) >= 11 is 0. The topological polar surface area (TPSA) is 87.9 Å². The lowest BCUT2D eigenvalue weighted by atomic mass is 9.93. The van der Waals surface area contributed by atoms with Gasteiger partial charge in [0, 0.05) is 47.2 Å². The maximum atomic E-state index is 5.11. The van der Waals surface area contributed by atoms with Crippen molar-refractivity contribution in [3.05, 3.63) is 126 Å². The molecule has 2 aliphatic rings. The van der Waals surface area contributed by atoms with E-state index in [1.165, 1.54) is 16.5 Å². The molecule has 4 aromatic carbocycles. The molecule has 2 aliphatic heterocycles. The summed E-state index contributed by atoms with van der Waals surface area (Å²) in [6.07, 6.45) is 5.02. The fourth-order valence-electron chi connectivity index (χ4n) is 5.68. The second-order valence-corrected chi connectivity index (χ2v) is 10.3. The number of rotatable bonds is 5. The van der Waals surface area contributed by atoms with Gasteiger partial charge in [-0.15, -0.1) is 0 Å². The van der Waals surface area contributed by atoms with Gasteiger partial charge in [0.2, 0.25) is 0 Å². The molecule has 4 heterocycles. The van der Waals surface area contributed by atoms with Crippen LogP contribution in [0.4, 0.5) is 5.69 Å². The third-order valence-corrected chi connectivity index (χ3v) is 7.78. The van der Waals surface area contributed by atoms with Gasteiger partial charge in [0.1, 0.15) is 11.9 Å². The largest absolute Gasteiger partial charge is 0.380 e. The zero-order chi connectivity index (χ0) is 25.8. The normalized spacial score (nSPS) is 17.8. The molecule has 0 radical (unpaired) electrons. The second kappa shape index (κ2) is 8.89. The first-order valence-corrected chi connectivity index (χ1v) is 13.4. The van der Waals surface area contributed by atoms with Crippen molar-refractivity contribution < 1.29 is 0 Å². The van der Waals surface area contributed by atoms with E-state index in [0.29, 0.717) is 6.04 Å². The Kier molecular flexibility index (Phi) is 5.06. The molecule has 6 heteroatoms. The SMILES string of the molecule is c1ccc(CNc2cccc3c(-c4ccc5c(c4)C(c4nc6ccccc6[nH]4)=NC4NC4C5)cncc23)cc1. The fraction of sp³-hybridized carbons (Fsp3) is 0.121. The van der Waals surface area contributed by atoms with Crippen LogP contribution in [0.2, 0.25) is 0 Å². The van der Waals surface area contributed by atoms with Crippen LogP contribution in [0.1, 0.15) is 22.5 Å². The minimum atomic E-state index is 0.140. The molecule has 2 aromatic heterocycles. The Balaban J connectivity index is 1.22. The van der Waals surface area contributed by atoms with Gasteiger partial charge >= 0.3 is 0 Å². The van der Waals surface area contributed by atoms with Crippen LogP contribution in [0.3, 0.4) is 0 Å². The zero-order valence-corrected chi connectivity index (χ0v) is 21.2. The predicted molar refractivity (Wildman–Crippen MR) is 157 cm³/mol. The first kappa shape index (κ1) is 22.2. The summed E-state index contributed by atoms with van der Waals surface area (Å²) in [5.41, 5.74) is 9.86. The molecule has 0 spiro atoms. The summed E-state index contributed by atoms with van der Waals surface area (Å²) in [4.78, 5) is 18.2. The Bertz CT molecular complexity index is 1850. The Hall–Kier alpha value is -4.81. The van der Waals surface area contributed by atoms with E-state index >= 15 is 0 Å². The zero-order valence-electron chi connectivity index (χ0n) is 21.2. The molecular weight excluding hydrogens is 480 g/mol. The minimum Gasteiger partial charge on any atom is -0.380 e. The van der Waals surface area contributed by atoms with Crippen molar-refractivity contribution in [1.82, 2.24) is 20.3 Å². The van der Waals surface area contributed by atoms with Crippen LogP contribution in [0.15, 0.2) is 108 Å². The first-order valence-electron chi connectivity index (χ1n) is 13.4. The molecule has 2 atom stereocenters. The highest BCUT2D eigenvalue weighted by atomic mass is 15.3. The third-order valence-electron chi connectivity index (χ3n) is 7.78. The lowest BCUT2D eigenvalue weighted by Gasteiger charge is -2.15. The van der Waals surface area contributed by atoms with Crippen molar-refractivity contribution in [3.8, 4) is 11.1 Å². The van der Waals surface area contributed by atoms with Crippen LogP contribution in [0.25, 0.3) is 32.9 Å². The number of anilines is 1. The van der Waals surface area contributed by atoms with Gasteiger partial charge in [0.05, 0.1) is 11.0 Å². The third kappa shape index (κ3) is 3.97. The monoisotopic (exact) mass is 506 g/mol. The standard InChI is InChI=1S/C33H26N6/c1-2-7-20(8-3-1)17-35-27-12-6-9-23-25(18-34-19-26(23)27)21-13-14-22-16-30-32(38-30)39-31(24(22)15-21)33-36-28-10-4-5-11-29(28)37-33/h1-15,18-19,30,32,35,38H,16-17H2,(H,36,37). The molecule has 0 amide bonds. The van der Waals surface area contributed by atoms with Gasteiger partial charge in [-0.1, -0.05) is 66.7 Å². The van der Waals surface area contributed by atoms with Gasteiger partial charge < -0.3 is 10.3 Å². The number of nitrogens with one attached hydrogen (secondary N) is 3. The Morgan fingerprint density at radius 2 is 1.72 bits per heavy atom. The molecular formula is C33H26N6. The van der Waals surface area contributed by atoms with Crippen LogP contribution in [0, 0.1) is 0 Å². The molecule has 1 fully saturated rings. The summed E-state index contributed by atoms with van der Waals surface area (Å²) in [5.74, 6) is 0.812. The lowest BCUT2D eigenvalue weighted by Crippen LogP contribution is -2.11. The fourth-order valence-corrected chi connectivity index (χ4v) is 5.68. The van der Waals surface area contributed by atoms with E-state index in [4.69, 9.17) is 9.98 Å². The van der Waals surface area contributed by atoms with E-state index in [1.807, 2.05) is 36.7 Å². The highest BCUT2D eigenvalue weighted by molar-refractivity contribution is 6.14. The van der Waals surface area contributed by atoms with Gasteiger partial charge in [-0.2, -0.15) is 0 Å². The molecule has 0 aliphatic carbocycles. The van der Waals surface area contributed by atoms with Gasteiger partial charge in [0.15, 0.2) is 5.82 Å². The molecule has 6 aromatic rings. The van der Waals surface area contributed by atoms with Crippen molar-refractivity contribution in [3.63, 3.8) is 0 Å². The quantitative estimate of drug-likeness (QED) is 0.247. The minimum absolute atomic E-state index is 0.140. The number of benzene rings is 4. The summed E-state index contributed by atoms with van der Waals surface area (Å²) in [5, 5.41) is 9.39. The predicted octanol–water partition coefficient (Wildman–Crippen LogP) is 6.08. The molecule has 188 valence electrons. The summed E-state index contributed by atoms with van der Waals surface area (Å²) < 4.78 is 0. The van der Waals surface area contributed by atoms with Crippen LogP contribution < -0.4 is 10.6 Å². The number of para-hydroxylation sites is 2. The van der Waals surface area contributed by atoms with Gasteiger partial charge in [-0.3, -0.25) is 15.3 Å². The molecule has 2 unspecified atom stereocenters. The number of aliphatic imine (C=N–C) groups is 1. The van der Waals surface area contributed by atoms with Crippen LogP contribution in [0.5, 0.6) is 0 Å². The van der Waals surface area contributed by atoms with Crippen LogP contribution in [-0.4, -0.2) is 32.9 Å². The molecule has 0 saturated carbocycles. The number of nitrogens with zero attached hydrogens (tertiary/aromatic N) is 3. The van der Waals surface area contributed by atoms with Gasteiger partial charge in [-0.05, 0) is 52.8 Å². The van der Waals surface area contributed by atoms with Crippen molar-refractivity contribution in [2.45, 2.75) is 25.2 Å². The Morgan fingerprint density at radius 1 is 0.821 bits per heavy atom. The molecule has 8 rings (SSSR count). The van der Waals surface area contributed by atoms with E-state index in [2.05, 4.69) is 87.3 Å².